The number of likely N-dealkylation sites (tertiary alicyclic amines) is 1. The van der Waals surface area contributed by atoms with Gasteiger partial charge in [-0.15, -0.1) is 0 Å². The number of anilines is 5. The molecule has 0 radical (unpaired) electrons. The van der Waals surface area contributed by atoms with Crippen molar-refractivity contribution in [1.82, 2.24) is 14.9 Å². The number of rotatable bonds is 7. The summed E-state index contributed by atoms with van der Waals surface area (Å²) < 4.78 is 13.1. The molecule has 2 saturated heterocycles. The average Bonchev–Trinajstić information content (AvgIpc) is 3.00. The molecule has 2 N–H and O–H groups in total. The summed E-state index contributed by atoms with van der Waals surface area (Å²) in [5, 5.41) is 7.72. The van der Waals surface area contributed by atoms with E-state index in [1.54, 1.807) is 13.3 Å². The van der Waals surface area contributed by atoms with Crippen LogP contribution in [0.5, 0.6) is 0 Å². The third kappa shape index (κ3) is 6.63. The van der Waals surface area contributed by atoms with Gasteiger partial charge in [0.2, 0.25) is 5.95 Å². The molecule has 8 heteroatoms. The predicted octanol–water partition coefficient (Wildman–Crippen LogP) is 7.50. The molecule has 0 unspecified atom stereocenters. The van der Waals surface area contributed by atoms with Crippen molar-refractivity contribution in [3.8, 4) is 11.1 Å². The SMILES string of the molecule is Cc1cc(Nc2ncc(-c3ccccc3)c(Nc3ccccc3P(C)(C)=O)n2)ccc1N1CCC2(CCN(C)CC2)CC1. The van der Waals surface area contributed by atoms with Gasteiger partial charge >= 0.3 is 0 Å². The van der Waals surface area contributed by atoms with Crippen LogP contribution in [0.2, 0.25) is 0 Å². The summed E-state index contributed by atoms with van der Waals surface area (Å²) in [4.78, 5) is 14.6. The van der Waals surface area contributed by atoms with Crippen LogP contribution in [0.25, 0.3) is 11.1 Å². The molecule has 4 aromatic rings. The zero-order chi connectivity index (χ0) is 30.0. The van der Waals surface area contributed by atoms with Crippen molar-refractivity contribution in [3.63, 3.8) is 0 Å². The lowest BCUT2D eigenvalue weighted by Gasteiger charge is -2.47. The van der Waals surface area contributed by atoms with E-state index >= 15 is 0 Å². The maximum atomic E-state index is 13.1. The highest BCUT2D eigenvalue weighted by molar-refractivity contribution is 7.70. The summed E-state index contributed by atoms with van der Waals surface area (Å²) >= 11 is 0. The number of benzene rings is 3. The first-order valence-corrected chi connectivity index (χ1v) is 17.9. The number of nitrogens with zero attached hydrogens (tertiary/aromatic N) is 4. The number of para-hydroxylation sites is 1. The van der Waals surface area contributed by atoms with Gasteiger partial charge in [-0.1, -0.05) is 42.5 Å². The van der Waals surface area contributed by atoms with E-state index in [0.717, 1.165) is 40.9 Å². The Bertz CT molecular complexity index is 1620. The van der Waals surface area contributed by atoms with E-state index in [1.165, 1.54) is 50.0 Å². The molecule has 2 aliphatic heterocycles. The number of aryl methyl sites for hydroxylation is 1. The maximum Gasteiger partial charge on any atom is 0.229 e. The summed E-state index contributed by atoms with van der Waals surface area (Å²) in [5.74, 6) is 1.17. The van der Waals surface area contributed by atoms with Gasteiger partial charge < -0.3 is 25.0 Å². The van der Waals surface area contributed by atoms with Gasteiger partial charge in [-0.05, 0) is 113 Å². The fourth-order valence-corrected chi connectivity index (χ4v) is 7.73. The topological polar surface area (TPSA) is 73.4 Å². The van der Waals surface area contributed by atoms with Crippen LogP contribution < -0.4 is 20.8 Å². The van der Waals surface area contributed by atoms with Crippen LogP contribution in [0.15, 0.2) is 79.0 Å². The molecule has 2 fully saturated rings. The van der Waals surface area contributed by atoms with Gasteiger partial charge in [0.1, 0.15) is 13.0 Å². The Labute approximate surface area is 256 Å². The molecular formula is C35H43N6OP. The van der Waals surface area contributed by atoms with Crippen molar-refractivity contribution < 1.29 is 4.57 Å². The van der Waals surface area contributed by atoms with Gasteiger partial charge in [0, 0.05) is 41.5 Å². The third-order valence-corrected chi connectivity index (χ3v) is 10.8. The first kappa shape index (κ1) is 29.4. The minimum absolute atomic E-state index is 0.505. The average molecular weight is 595 g/mol. The second kappa shape index (κ2) is 12.1. The normalized spacial score (nSPS) is 17.2. The first-order valence-electron chi connectivity index (χ1n) is 15.3. The number of hydrogen-bond acceptors (Lipinski definition) is 7. The van der Waals surface area contributed by atoms with E-state index in [-0.39, 0.29) is 0 Å². The maximum absolute atomic E-state index is 13.1. The van der Waals surface area contributed by atoms with Crippen molar-refractivity contribution in [3.05, 3.63) is 84.6 Å². The molecule has 43 heavy (non-hydrogen) atoms. The molecule has 2 aliphatic rings. The number of hydrogen-bond donors (Lipinski definition) is 2. The lowest BCUT2D eigenvalue weighted by Crippen LogP contribution is -2.46. The molecule has 0 bridgehead atoms. The van der Waals surface area contributed by atoms with Crippen molar-refractivity contribution >= 4 is 41.3 Å². The van der Waals surface area contributed by atoms with Crippen LogP contribution in [0, 0.1) is 12.3 Å². The van der Waals surface area contributed by atoms with Gasteiger partial charge in [0.15, 0.2) is 0 Å². The number of aromatic nitrogens is 2. The van der Waals surface area contributed by atoms with E-state index in [9.17, 15) is 4.57 Å². The van der Waals surface area contributed by atoms with Crippen LogP contribution in [-0.4, -0.2) is 61.4 Å². The van der Waals surface area contributed by atoms with E-state index in [2.05, 4.69) is 57.6 Å². The Balaban J connectivity index is 1.22. The molecule has 0 atom stereocenters. The molecule has 1 aromatic heterocycles. The van der Waals surface area contributed by atoms with E-state index in [1.807, 2.05) is 60.8 Å². The van der Waals surface area contributed by atoms with Crippen LogP contribution in [0.3, 0.4) is 0 Å². The minimum Gasteiger partial charge on any atom is -0.371 e. The molecule has 0 saturated carbocycles. The van der Waals surface area contributed by atoms with Gasteiger partial charge in [-0.2, -0.15) is 4.98 Å². The Kier molecular flexibility index (Phi) is 8.30. The van der Waals surface area contributed by atoms with E-state index in [0.29, 0.717) is 17.2 Å². The van der Waals surface area contributed by atoms with Gasteiger partial charge in [-0.3, -0.25) is 0 Å². The second-order valence-corrected chi connectivity index (χ2v) is 15.9. The van der Waals surface area contributed by atoms with Crippen LogP contribution in [-0.2, 0) is 4.57 Å². The van der Waals surface area contributed by atoms with Crippen molar-refractivity contribution in [2.24, 2.45) is 5.41 Å². The summed E-state index contributed by atoms with van der Waals surface area (Å²) in [5.41, 5.74) is 6.74. The molecule has 3 aromatic carbocycles. The Morgan fingerprint density at radius 2 is 1.51 bits per heavy atom. The lowest BCUT2D eigenvalue weighted by molar-refractivity contribution is 0.0944. The van der Waals surface area contributed by atoms with Crippen LogP contribution in [0.1, 0.15) is 31.2 Å². The molecule has 3 heterocycles. The Morgan fingerprint density at radius 1 is 0.837 bits per heavy atom. The molecule has 7 nitrogen and oxygen atoms in total. The van der Waals surface area contributed by atoms with Gasteiger partial charge in [-0.25, -0.2) is 4.98 Å². The summed E-state index contributed by atoms with van der Waals surface area (Å²) in [6.07, 6.45) is 7.08. The second-order valence-electron chi connectivity index (χ2n) is 12.7. The molecule has 0 aliphatic carbocycles. The minimum atomic E-state index is -2.51. The Hall–Kier alpha value is -3.67. The van der Waals surface area contributed by atoms with Gasteiger partial charge in [0.05, 0.1) is 5.69 Å². The highest BCUT2D eigenvalue weighted by Crippen LogP contribution is 2.43. The van der Waals surface area contributed by atoms with Gasteiger partial charge in [0.25, 0.3) is 0 Å². The molecule has 1 spiro atoms. The highest BCUT2D eigenvalue weighted by atomic mass is 31.2. The summed E-state index contributed by atoms with van der Waals surface area (Å²) in [6.45, 7) is 10.5. The fourth-order valence-electron chi connectivity index (χ4n) is 6.57. The zero-order valence-electron chi connectivity index (χ0n) is 25.8. The van der Waals surface area contributed by atoms with Crippen molar-refractivity contribution in [2.45, 2.75) is 32.6 Å². The summed E-state index contributed by atoms with van der Waals surface area (Å²) in [6, 6.07) is 24.4. The standard InChI is InChI=1S/C35H43N6OP/c1-26-24-28(14-15-31(26)41-22-18-35(19-23-41)16-20-40(2)21-17-35)37-34-36-25-29(27-10-6-5-7-11-27)33(39-34)38-30-12-8-9-13-32(30)43(3,4)42/h5-15,24-25H,16-23H2,1-4H3,(H2,36,37,38,39). The predicted molar refractivity (Wildman–Crippen MR) is 181 cm³/mol. The highest BCUT2D eigenvalue weighted by Gasteiger charge is 2.37. The molecule has 6 rings (SSSR count). The monoisotopic (exact) mass is 594 g/mol. The first-order chi connectivity index (χ1) is 20.7. The summed E-state index contributed by atoms with van der Waals surface area (Å²) in [7, 11) is -0.262. The van der Waals surface area contributed by atoms with Crippen LogP contribution >= 0.6 is 7.14 Å². The van der Waals surface area contributed by atoms with E-state index < -0.39 is 7.14 Å². The lowest BCUT2D eigenvalue weighted by atomic mass is 9.71. The van der Waals surface area contributed by atoms with Crippen molar-refractivity contribution in [1.29, 1.82) is 0 Å². The smallest absolute Gasteiger partial charge is 0.229 e. The molecular weight excluding hydrogens is 551 g/mol. The number of piperidine rings is 2. The fraction of sp³-hybridized carbons (Fsp3) is 0.371. The van der Waals surface area contributed by atoms with Crippen LogP contribution in [0.4, 0.5) is 28.8 Å². The molecule has 0 amide bonds. The third-order valence-electron chi connectivity index (χ3n) is 9.28. The van der Waals surface area contributed by atoms with E-state index in [4.69, 9.17) is 4.98 Å². The molecule has 224 valence electrons. The van der Waals surface area contributed by atoms with Crippen molar-refractivity contribution in [2.75, 3.05) is 62.1 Å². The zero-order valence-corrected chi connectivity index (χ0v) is 26.7. The Morgan fingerprint density at radius 3 is 2.21 bits per heavy atom. The largest absolute Gasteiger partial charge is 0.371 e. The number of nitrogens with one attached hydrogen (secondary N) is 2. The quantitative estimate of drug-likeness (QED) is 0.215.